The first-order valence-corrected chi connectivity index (χ1v) is 7.45. The van der Waals surface area contributed by atoms with Crippen molar-refractivity contribution in [3.63, 3.8) is 0 Å². The van der Waals surface area contributed by atoms with Crippen LogP contribution in [0.15, 0.2) is 28.7 Å². The third-order valence-electron chi connectivity index (χ3n) is 3.40. The Hall–Kier alpha value is -0.800. The molecule has 0 aliphatic heterocycles. The van der Waals surface area contributed by atoms with E-state index in [4.69, 9.17) is 11.6 Å². The standard InChI is InChI=1S/C14H14BrClN2/c15-10-5-4-6-11(9-10)18-14(16)12-7-2-1-3-8-13(12)17-18/h4-6,9H,1-3,7-8H2. The van der Waals surface area contributed by atoms with Gasteiger partial charge in [0.2, 0.25) is 0 Å². The van der Waals surface area contributed by atoms with Gasteiger partial charge in [0.1, 0.15) is 5.15 Å². The molecule has 0 N–H and O–H groups in total. The lowest BCUT2D eigenvalue weighted by atomic mass is 10.1. The average molecular weight is 326 g/mol. The Bertz CT molecular complexity index is 577. The van der Waals surface area contributed by atoms with Crippen LogP contribution >= 0.6 is 27.5 Å². The molecule has 1 aromatic carbocycles. The summed E-state index contributed by atoms with van der Waals surface area (Å²) in [5.74, 6) is 0. The topological polar surface area (TPSA) is 17.8 Å². The molecule has 1 aliphatic rings. The van der Waals surface area contributed by atoms with Crippen molar-refractivity contribution in [3.05, 3.63) is 45.1 Å². The van der Waals surface area contributed by atoms with E-state index in [1.165, 1.54) is 30.5 Å². The van der Waals surface area contributed by atoms with E-state index >= 15 is 0 Å². The van der Waals surface area contributed by atoms with E-state index in [0.717, 1.165) is 28.2 Å². The van der Waals surface area contributed by atoms with Crippen LogP contribution in [0.25, 0.3) is 5.69 Å². The SMILES string of the molecule is Clc1c2c(nn1-c1cccc(Br)c1)CCCCC2. The lowest BCUT2D eigenvalue weighted by Gasteiger charge is -2.04. The van der Waals surface area contributed by atoms with Crippen LogP contribution in [0, 0.1) is 0 Å². The van der Waals surface area contributed by atoms with Gasteiger partial charge in [0.25, 0.3) is 0 Å². The minimum absolute atomic E-state index is 0.782. The zero-order chi connectivity index (χ0) is 12.5. The molecule has 3 rings (SSSR count). The summed E-state index contributed by atoms with van der Waals surface area (Å²) in [6.07, 6.45) is 5.83. The van der Waals surface area contributed by atoms with Gasteiger partial charge in [-0.3, -0.25) is 0 Å². The van der Waals surface area contributed by atoms with Crippen LogP contribution in [-0.4, -0.2) is 9.78 Å². The van der Waals surface area contributed by atoms with Crippen LogP contribution in [-0.2, 0) is 12.8 Å². The molecule has 2 aromatic rings. The Morgan fingerprint density at radius 2 is 2.00 bits per heavy atom. The maximum atomic E-state index is 6.49. The molecule has 18 heavy (non-hydrogen) atoms. The minimum Gasteiger partial charge on any atom is -0.222 e. The third-order valence-corrected chi connectivity index (χ3v) is 4.28. The fraction of sp³-hybridized carbons (Fsp3) is 0.357. The fourth-order valence-corrected chi connectivity index (χ4v) is 3.20. The van der Waals surface area contributed by atoms with Gasteiger partial charge in [-0.1, -0.05) is 40.0 Å². The predicted octanol–water partition coefficient (Wildman–Crippen LogP) is 4.56. The molecule has 0 fully saturated rings. The normalized spacial score (nSPS) is 15.2. The van der Waals surface area contributed by atoms with Crippen molar-refractivity contribution in [2.24, 2.45) is 0 Å². The number of rotatable bonds is 1. The second-order valence-corrected chi connectivity index (χ2v) is 5.94. The molecular weight excluding hydrogens is 312 g/mol. The van der Waals surface area contributed by atoms with E-state index in [9.17, 15) is 0 Å². The van der Waals surface area contributed by atoms with Gasteiger partial charge < -0.3 is 0 Å². The van der Waals surface area contributed by atoms with Gasteiger partial charge >= 0.3 is 0 Å². The van der Waals surface area contributed by atoms with Crippen LogP contribution in [0.3, 0.4) is 0 Å². The summed E-state index contributed by atoms with van der Waals surface area (Å²) in [7, 11) is 0. The van der Waals surface area contributed by atoms with Crippen molar-refractivity contribution < 1.29 is 0 Å². The summed E-state index contributed by atoms with van der Waals surface area (Å²) >= 11 is 9.97. The number of hydrogen-bond acceptors (Lipinski definition) is 1. The highest BCUT2D eigenvalue weighted by Gasteiger charge is 2.18. The first-order valence-electron chi connectivity index (χ1n) is 6.28. The molecule has 1 aromatic heterocycles. The molecule has 94 valence electrons. The maximum absolute atomic E-state index is 6.49. The van der Waals surface area contributed by atoms with Gasteiger partial charge in [-0.05, 0) is 43.9 Å². The summed E-state index contributed by atoms with van der Waals surface area (Å²) in [5, 5.41) is 5.47. The lowest BCUT2D eigenvalue weighted by Crippen LogP contribution is -1.97. The number of fused-ring (bicyclic) bond motifs is 1. The van der Waals surface area contributed by atoms with Crippen molar-refractivity contribution in [2.75, 3.05) is 0 Å². The van der Waals surface area contributed by atoms with Crippen molar-refractivity contribution in [3.8, 4) is 5.69 Å². The van der Waals surface area contributed by atoms with Crippen LogP contribution in [0.1, 0.15) is 30.5 Å². The van der Waals surface area contributed by atoms with Gasteiger partial charge in [-0.2, -0.15) is 5.10 Å². The van der Waals surface area contributed by atoms with Crippen LogP contribution in [0.5, 0.6) is 0 Å². The summed E-state index contributed by atoms with van der Waals surface area (Å²) in [6.45, 7) is 0. The largest absolute Gasteiger partial charge is 0.222 e. The van der Waals surface area contributed by atoms with Crippen molar-refractivity contribution in [1.82, 2.24) is 9.78 Å². The monoisotopic (exact) mass is 324 g/mol. The highest BCUT2D eigenvalue weighted by Crippen LogP contribution is 2.29. The van der Waals surface area contributed by atoms with Gasteiger partial charge in [-0.25, -0.2) is 4.68 Å². The summed E-state index contributed by atoms with van der Waals surface area (Å²) in [4.78, 5) is 0. The molecule has 0 radical (unpaired) electrons. The molecule has 0 amide bonds. The molecule has 2 nitrogen and oxygen atoms in total. The summed E-state index contributed by atoms with van der Waals surface area (Å²) in [6, 6.07) is 8.08. The van der Waals surface area contributed by atoms with Gasteiger partial charge in [0, 0.05) is 10.0 Å². The van der Waals surface area contributed by atoms with E-state index in [-0.39, 0.29) is 0 Å². The van der Waals surface area contributed by atoms with Crippen molar-refractivity contribution in [1.29, 1.82) is 0 Å². The summed E-state index contributed by atoms with van der Waals surface area (Å²) in [5.41, 5.74) is 3.44. The number of hydrogen-bond donors (Lipinski definition) is 0. The average Bonchev–Trinajstić information content (AvgIpc) is 2.55. The molecular formula is C14H14BrClN2. The molecule has 0 atom stereocenters. The Balaban J connectivity index is 2.08. The molecule has 0 saturated heterocycles. The number of halogens is 2. The quantitative estimate of drug-likeness (QED) is 0.703. The summed E-state index contributed by atoms with van der Waals surface area (Å²) < 4.78 is 2.91. The van der Waals surface area contributed by atoms with Crippen molar-refractivity contribution >= 4 is 27.5 Å². The number of nitrogens with zero attached hydrogens (tertiary/aromatic N) is 2. The molecule has 4 heteroatoms. The molecule has 0 bridgehead atoms. The zero-order valence-electron chi connectivity index (χ0n) is 10.00. The van der Waals surface area contributed by atoms with Crippen LogP contribution in [0.2, 0.25) is 5.15 Å². The molecule has 0 spiro atoms. The number of benzene rings is 1. The van der Waals surface area contributed by atoms with Gasteiger partial charge in [0.05, 0.1) is 11.4 Å². The van der Waals surface area contributed by atoms with Crippen LogP contribution < -0.4 is 0 Å². The van der Waals surface area contributed by atoms with E-state index in [2.05, 4.69) is 21.0 Å². The van der Waals surface area contributed by atoms with E-state index in [1.54, 1.807) is 0 Å². The molecule has 0 saturated carbocycles. The van der Waals surface area contributed by atoms with E-state index in [1.807, 2.05) is 28.9 Å². The first kappa shape index (κ1) is 12.2. The Morgan fingerprint density at radius 1 is 1.17 bits per heavy atom. The number of aromatic nitrogens is 2. The van der Waals surface area contributed by atoms with E-state index < -0.39 is 0 Å². The second kappa shape index (κ2) is 5.06. The fourth-order valence-electron chi connectivity index (χ4n) is 2.47. The number of aryl methyl sites for hydroxylation is 1. The lowest BCUT2D eigenvalue weighted by molar-refractivity contribution is 0.694. The molecule has 1 heterocycles. The Morgan fingerprint density at radius 3 is 2.83 bits per heavy atom. The molecule has 1 aliphatic carbocycles. The maximum Gasteiger partial charge on any atom is 0.136 e. The third kappa shape index (κ3) is 2.21. The van der Waals surface area contributed by atoms with Gasteiger partial charge in [-0.15, -0.1) is 0 Å². The van der Waals surface area contributed by atoms with Gasteiger partial charge in [0.15, 0.2) is 0 Å². The predicted molar refractivity (Wildman–Crippen MR) is 77.5 cm³/mol. The van der Waals surface area contributed by atoms with Crippen LogP contribution in [0.4, 0.5) is 0 Å². The highest BCUT2D eigenvalue weighted by molar-refractivity contribution is 9.10. The Kier molecular flexibility index (Phi) is 3.44. The molecule has 0 unspecified atom stereocenters. The zero-order valence-corrected chi connectivity index (χ0v) is 12.3. The Labute approximate surface area is 120 Å². The van der Waals surface area contributed by atoms with E-state index in [0.29, 0.717) is 0 Å². The second-order valence-electron chi connectivity index (χ2n) is 4.67. The smallest absolute Gasteiger partial charge is 0.136 e. The highest BCUT2D eigenvalue weighted by atomic mass is 79.9. The first-order chi connectivity index (χ1) is 8.75. The van der Waals surface area contributed by atoms with Crippen molar-refractivity contribution in [2.45, 2.75) is 32.1 Å². The minimum atomic E-state index is 0.782.